The molecule has 0 aliphatic rings. The number of allylic oxidation sites excluding steroid dienone is 2. The summed E-state index contributed by atoms with van der Waals surface area (Å²) in [6.45, 7) is 25.1. The molecule has 0 aromatic carbocycles. The van der Waals surface area contributed by atoms with E-state index in [-0.39, 0.29) is 21.7 Å². The van der Waals surface area contributed by atoms with E-state index < -0.39 is 0 Å². The Hall–Kier alpha value is -2.02. The van der Waals surface area contributed by atoms with Gasteiger partial charge in [-0.3, -0.25) is 0 Å². The van der Waals surface area contributed by atoms with Gasteiger partial charge < -0.3 is 0 Å². The van der Waals surface area contributed by atoms with Crippen molar-refractivity contribution < 1.29 is 0 Å². The number of hydrogen-bond donors (Lipinski definition) is 0. The molecule has 0 unspecified atom stereocenters. The van der Waals surface area contributed by atoms with Crippen molar-refractivity contribution in [2.24, 2.45) is 21.7 Å². The zero-order valence-electron chi connectivity index (χ0n) is 19.0. The molecule has 0 heteroatoms. The van der Waals surface area contributed by atoms with Crippen LogP contribution >= 0.6 is 0 Å². The lowest BCUT2D eigenvalue weighted by atomic mass is 9.93. The van der Waals surface area contributed by atoms with Crippen molar-refractivity contribution >= 4 is 0 Å². The summed E-state index contributed by atoms with van der Waals surface area (Å²) in [5.74, 6) is 26.2. The predicted molar refractivity (Wildman–Crippen MR) is 116 cm³/mol. The zero-order valence-corrected chi connectivity index (χ0v) is 19.0. The Morgan fingerprint density at radius 1 is 0.346 bits per heavy atom. The van der Waals surface area contributed by atoms with Crippen LogP contribution in [0, 0.1) is 69.0 Å². The van der Waals surface area contributed by atoms with Crippen molar-refractivity contribution in [3.05, 3.63) is 11.1 Å². The highest BCUT2D eigenvalue weighted by Gasteiger charge is 2.10. The first kappa shape index (κ1) is 24.0. The minimum atomic E-state index is -0.102. The standard InChI is InChI=1S/C26H36/c1-23(2,3)17-13-21(14-18-24(4,5)6)22(15-19-25(7,8)9)16-20-26(10,11)12/h1-12H3. The molecule has 0 nitrogen and oxygen atoms in total. The van der Waals surface area contributed by atoms with E-state index in [9.17, 15) is 0 Å². The van der Waals surface area contributed by atoms with Crippen molar-refractivity contribution in [2.45, 2.75) is 83.1 Å². The second-order valence-electron chi connectivity index (χ2n) is 10.8. The van der Waals surface area contributed by atoms with Gasteiger partial charge in [0.15, 0.2) is 0 Å². The Labute approximate surface area is 163 Å². The maximum absolute atomic E-state index is 3.29. The van der Waals surface area contributed by atoms with Gasteiger partial charge in [0.2, 0.25) is 0 Å². The molecule has 0 aromatic heterocycles. The highest BCUT2D eigenvalue weighted by molar-refractivity contribution is 5.61. The summed E-state index contributed by atoms with van der Waals surface area (Å²) in [5, 5.41) is 0. The Morgan fingerprint density at radius 2 is 0.500 bits per heavy atom. The third kappa shape index (κ3) is 14.3. The first-order valence-corrected chi connectivity index (χ1v) is 9.25. The fourth-order valence-electron chi connectivity index (χ4n) is 1.31. The third-order valence-corrected chi connectivity index (χ3v) is 2.50. The molecule has 0 saturated carbocycles. The molecule has 0 rings (SSSR count). The van der Waals surface area contributed by atoms with Gasteiger partial charge in [-0.25, -0.2) is 0 Å². The lowest BCUT2D eigenvalue weighted by Gasteiger charge is -2.10. The van der Waals surface area contributed by atoms with Crippen LogP contribution in [-0.2, 0) is 0 Å². The molecule has 0 atom stereocenters. The first-order valence-electron chi connectivity index (χ1n) is 9.25. The highest BCUT2D eigenvalue weighted by Crippen LogP contribution is 2.16. The van der Waals surface area contributed by atoms with Gasteiger partial charge in [-0.15, -0.1) is 0 Å². The fraction of sp³-hybridized carbons (Fsp3) is 0.615. The third-order valence-electron chi connectivity index (χ3n) is 2.50. The van der Waals surface area contributed by atoms with Crippen LogP contribution in [0.5, 0.6) is 0 Å². The lowest BCUT2D eigenvalue weighted by Crippen LogP contribution is -2.03. The van der Waals surface area contributed by atoms with Crippen LogP contribution in [0.4, 0.5) is 0 Å². The van der Waals surface area contributed by atoms with Crippen LogP contribution in [0.2, 0.25) is 0 Å². The molecule has 0 radical (unpaired) electrons. The van der Waals surface area contributed by atoms with E-state index in [4.69, 9.17) is 0 Å². The molecular weight excluding hydrogens is 312 g/mol. The van der Waals surface area contributed by atoms with E-state index in [1.807, 2.05) is 0 Å². The van der Waals surface area contributed by atoms with Crippen LogP contribution in [0.3, 0.4) is 0 Å². The van der Waals surface area contributed by atoms with Crippen molar-refractivity contribution in [3.8, 4) is 47.4 Å². The van der Waals surface area contributed by atoms with Crippen molar-refractivity contribution in [1.29, 1.82) is 0 Å². The molecule has 0 bridgehead atoms. The van der Waals surface area contributed by atoms with E-state index in [0.29, 0.717) is 0 Å². The molecule has 0 fully saturated rings. The Kier molecular flexibility index (Phi) is 7.91. The van der Waals surface area contributed by atoms with Gasteiger partial charge in [0, 0.05) is 21.7 Å². The average Bonchev–Trinajstić information content (AvgIpc) is 2.35. The summed E-state index contributed by atoms with van der Waals surface area (Å²) in [6, 6.07) is 0. The second-order valence-corrected chi connectivity index (χ2v) is 10.8. The van der Waals surface area contributed by atoms with Crippen molar-refractivity contribution in [3.63, 3.8) is 0 Å². The quantitative estimate of drug-likeness (QED) is 0.439. The van der Waals surface area contributed by atoms with E-state index in [1.165, 1.54) is 0 Å². The number of rotatable bonds is 0. The Morgan fingerprint density at radius 3 is 0.615 bits per heavy atom. The van der Waals surface area contributed by atoms with Crippen LogP contribution in [0.15, 0.2) is 11.1 Å². The summed E-state index contributed by atoms with van der Waals surface area (Å²) in [6.07, 6.45) is 0. The molecule has 0 spiro atoms. The monoisotopic (exact) mass is 348 g/mol. The summed E-state index contributed by atoms with van der Waals surface area (Å²) in [4.78, 5) is 0. The SMILES string of the molecule is CC(C)(C)C#CC(C#CC(C)(C)C)=C(C#CC(C)(C)C)C#CC(C)(C)C. The molecule has 0 N–H and O–H groups in total. The van der Waals surface area contributed by atoms with Gasteiger partial charge in [0.25, 0.3) is 0 Å². The topological polar surface area (TPSA) is 0 Å². The molecule has 26 heavy (non-hydrogen) atoms. The van der Waals surface area contributed by atoms with Gasteiger partial charge in [0.1, 0.15) is 0 Å². The Bertz CT molecular complexity index is 632. The van der Waals surface area contributed by atoms with Crippen LogP contribution in [0.1, 0.15) is 83.1 Å². The Balaban J connectivity index is 6.71. The lowest BCUT2D eigenvalue weighted by molar-refractivity contribution is 0.569. The largest absolute Gasteiger partial charge is 0.0985 e. The smallest absolute Gasteiger partial charge is 0.0912 e. The highest BCUT2D eigenvalue weighted by atomic mass is 14.1. The van der Waals surface area contributed by atoms with Gasteiger partial charge in [-0.2, -0.15) is 0 Å². The molecule has 0 aromatic rings. The van der Waals surface area contributed by atoms with Gasteiger partial charge >= 0.3 is 0 Å². The van der Waals surface area contributed by atoms with Crippen LogP contribution in [0.25, 0.3) is 0 Å². The summed E-state index contributed by atoms with van der Waals surface area (Å²) < 4.78 is 0. The second kappa shape index (κ2) is 8.58. The summed E-state index contributed by atoms with van der Waals surface area (Å²) in [5.41, 5.74) is 1.04. The summed E-state index contributed by atoms with van der Waals surface area (Å²) >= 11 is 0. The fourth-order valence-corrected chi connectivity index (χ4v) is 1.31. The minimum absolute atomic E-state index is 0.102. The van der Waals surface area contributed by atoms with Crippen LogP contribution < -0.4 is 0 Å². The first-order chi connectivity index (χ1) is 11.4. The average molecular weight is 349 g/mol. The molecule has 140 valence electrons. The van der Waals surface area contributed by atoms with E-state index in [2.05, 4.69) is 130 Å². The molecule has 0 amide bonds. The van der Waals surface area contributed by atoms with E-state index in [1.54, 1.807) is 0 Å². The zero-order chi connectivity index (χ0) is 20.8. The molecule has 0 aliphatic carbocycles. The maximum Gasteiger partial charge on any atom is 0.0985 e. The van der Waals surface area contributed by atoms with Crippen LogP contribution in [-0.4, -0.2) is 0 Å². The molecular formula is C26H36. The normalized spacial score (nSPS) is 11.4. The van der Waals surface area contributed by atoms with Gasteiger partial charge in [0.05, 0.1) is 11.1 Å². The molecule has 0 saturated heterocycles. The van der Waals surface area contributed by atoms with Crippen molar-refractivity contribution in [1.82, 2.24) is 0 Å². The molecule has 0 aliphatic heterocycles. The summed E-state index contributed by atoms with van der Waals surface area (Å²) in [7, 11) is 0. The maximum atomic E-state index is 3.29. The van der Waals surface area contributed by atoms with Gasteiger partial charge in [-0.05, 0) is 83.1 Å². The van der Waals surface area contributed by atoms with Crippen molar-refractivity contribution in [2.75, 3.05) is 0 Å². The predicted octanol–water partition coefficient (Wildman–Crippen LogP) is 6.48. The van der Waals surface area contributed by atoms with E-state index >= 15 is 0 Å². The minimum Gasteiger partial charge on any atom is -0.0912 e. The van der Waals surface area contributed by atoms with Gasteiger partial charge in [-0.1, -0.05) is 47.4 Å². The molecule has 0 heterocycles. The number of hydrogen-bond acceptors (Lipinski definition) is 0. The van der Waals surface area contributed by atoms with E-state index in [0.717, 1.165) is 11.1 Å².